The summed E-state index contributed by atoms with van der Waals surface area (Å²) in [7, 11) is -4.24. The van der Waals surface area contributed by atoms with E-state index in [4.69, 9.17) is 4.55 Å². The normalized spacial score (nSPS) is 16.4. The minimum absolute atomic E-state index is 0.131. The van der Waals surface area contributed by atoms with Crippen LogP contribution in [0.2, 0.25) is 0 Å². The third-order valence-electron chi connectivity index (χ3n) is 1.32. The Morgan fingerprint density at radius 2 is 2.21 bits per heavy atom. The smallest absolute Gasteiger partial charge is 0.297 e. The molecule has 1 amide bonds. The summed E-state index contributed by atoms with van der Waals surface area (Å²) >= 11 is -0.498. The lowest BCUT2D eigenvalue weighted by molar-refractivity contribution is -0.118. The van der Waals surface area contributed by atoms with Gasteiger partial charge < -0.3 is 5.32 Å². The molecule has 0 saturated heterocycles. The van der Waals surface area contributed by atoms with Crippen molar-refractivity contribution in [1.82, 2.24) is 5.32 Å². The van der Waals surface area contributed by atoms with Gasteiger partial charge in [-0.25, -0.2) is 0 Å². The molecular formula is C7H8INO4S. The van der Waals surface area contributed by atoms with Crippen molar-refractivity contribution in [1.29, 1.82) is 0 Å². The van der Waals surface area contributed by atoms with Crippen molar-refractivity contribution < 1.29 is 17.8 Å². The third-order valence-corrected chi connectivity index (χ3v) is 4.39. The fourth-order valence-electron chi connectivity index (χ4n) is 0.822. The van der Waals surface area contributed by atoms with Gasteiger partial charge in [-0.2, -0.15) is 8.42 Å². The Bertz CT molecular complexity index is 446. The number of nitrogens with one attached hydrogen (secondary N) is 1. The second-order valence-electron chi connectivity index (χ2n) is 2.46. The second-order valence-corrected chi connectivity index (χ2v) is 5.91. The van der Waals surface area contributed by atoms with E-state index in [9.17, 15) is 13.2 Å². The number of hydrogen-bond donors (Lipinski definition) is 2. The SMILES string of the molecule is CC(=O)NC1=C(S(=O)(=O)O)C=IC=C1. The van der Waals surface area contributed by atoms with E-state index in [-0.39, 0.29) is 16.5 Å². The van der Waals surface area contributed by atoms with Gasteiger partial charge in [0.1, 0.15) is 4.91 Å². The Morgan fingerprint density at radius 3 is 2.71 bits per heavy atom. The molecule has 7 heteroatoms. The first-order valence-corrected chi connectivity index (χ1v) is 7.45. The summed E-state index contributed by atoms with van der Waals surface area (Å²) < 4.78 is 33.8. The van der Waals surface area contributed by atoms with Gasteiger partial charge in [0.25, 0.3) is 10.1 Å². The molecule has 0 radical (unpaired) electrons. The van der Waals surface area contributed by atoms with E-state index < -0.39 is 30.8 Å². The number of rotatable bonds is 2. The third kappa shape index (κ3) is 3.00. The molecule has 0 aromatic rings. The Labute approximate surface area is 91.4 Å². The average molecular weight is 329 g/mol. The van der Waals surface area contributed by atoms with Crippen LogP contribution in [0.4, 0.5) is 0 Å². The maximum Gasteiger partial charge on any atom is 0.297 e. The number of allylic oxidation sites excluding steroid dienone is 2. The molecule has 0 saturated carbocycles. The zero-order chi connectivity index (χ0) is 10.8. The highest BCUT2D eigenvalue weighted by molar-refractivity contribution is 14.2. The largest absolute Gasteiger partial charge is 0.325 e. The summed E-state index contributed by atoms with van der Waals surface area (Å²) in [6.07, 6.45) is 1.50. The van der Waals surface area contributed by atoms with Crippen LogP contribution < -0.4 is 5.32 Å². The van der Waals surface area contributed by atoms with Crippen molar-refractivity contribution in [2.24, 2.45) is 0 Å². The first-order chi connectivity index (χ1) is 6.41. The van der Waals surface area contributed by atoms with Crippen molar-refractivity contribution in [3.63, 3.8) is 0 Å². The maximum absolute atomic E-state index is 10.9. The highest BCUT2D eigenvalue weighted by Crippen LogP contribution is 2.18. The van der Waals surface area contributed by atoms with Crippen LogP contribution in [0.3, 0.4) is 0 Å². The molecule has 78 valence electrons. The molecule has 1 heterocycles. The maximum atomic E-state index is 10.9. The van der Waals surface area contributed by atoms with Crippen LogP contribution in [-0.4, -0.2) is 22.9 Å². The van der Waals surface area contributed by atoms with E-state index in [1.54, 1.807) is 4.08 Å². The summed E-state index contributed by atoms with van der Waals surface area (Å²) in [4.78, 5) is 10.5. The van der Waals surface area contributed by atoms with Crippen molar-refractivity contribution in [3.8, 4) is 0 Å². The molecule has 0 aromatic carbocycles. The second kappa shape index (κ2) is 4.32. The van der Waals surface area contributed by atoms with Gasteiger partial charge in [0.05, 0.1) is 5.70 Å². The monoisotopic (exact) mass is 329 g/mol. The highest BCUT2D eigenvalue weighted by atomic mass is 127. The molecule has 0 spiro atoms. The average Bonchev–Trinajstić information content (AvgIpc) is 2.01. The van der Waals surface area contributed by atoms with Crippen LogP contribution in [0.15, 0.2) is 20.8 Å². The number of hydrogen-bond acceptors (Lipinski definition) is 3. The van der Waals surface area contributed by atoms with Gasteiger partial charge in [-0.3, -0.25) is 9.35 Å². The molecule has 1 aliphatic heterocycles. The lowest BCUT2D eigenvalue weighted by atomic mass is 10.4. The molecule has 2 N–H and O–H groups in total. The van der Waals surface area contributed by atoms with Crippen LogP contribution in [0.25, 0.3) is 0 Å². The van der Waals surface area contributed by atoms with Gasteiger partial charge in [0, 0.05) is 6.92 Å². The van der Waals surface area contributed by atoms with Crippen LogP contribution >= 0.6 is 20.7 Å². The topological polar surface area (TPSA) is 83.5 Å². The van der Waals surface area contributed by atoms with E-state index in [1.165, 1.54) is 17.0 Å². The van der Waals surface area contributed by atoms with Crippen LogP contribution in [-0.2, 0) is 14.9 Å². The molecule has 1 aliphatic rings. The van der Waals surface area contributed by atoms with Gasteiger partial charge in [-0.05, 0) is 14.2 Å². The summed E-state index contributed by atoms with van der Waals surface area (Å²) in [5.41, 5.74) is 0.131. The van der Waals surface area contributed by atoms with Gasteiger partial charge in [0.2, 0.25) is 5.91 Å². The fourth-order valence-corrected chi connectivity index (χ4v) is 4.08. The van der Waals surface area contributed by atoms with Crippen LogP contribution in [0.1, 0.15) is 6.92 Å². The number of carbonyl (C=O) groups is 1. The quantitative estimate of drug-likeness (QED) is 0.572. The molecule has 0 unspecified atom stereocenters. The number of carbonyl (C=O) groups excluding carboxylic acids is 1. The standard InChI is InChI=1S/C7H8INO4S/c1-5(10)9-6-2-3-8-4-7(6)14(11,12)13/h2-4H,1H3,(H,9,10)(H,11,12,13). The van der Waals surface area contributed by atoms with Crippen LogP contribution in [0, 0.1) is 0 Å². The molecule has 0 aliphatic carbocycles. The van der Waals surface area contributed by atoms with Crippen molar-refractivity contribution in [2.45, 2.75) is 6.92 Å². The van der Waals surface area contributed by atoms with E-state index in [0.717, 1.165) is 0 Å². The summed E-state index contributed by atoms with van der Waals surface area (Å²) in [6.45, 7) is 1.27. The molecule has 0 fully saturated rings. The Kier molecular flexibility index (Phi) is 3.56. The van der Waals surface area contributed by atoms with Crippen molar-refractivity contribution in [3.05, 3.63) is 20.8 Å². The Morgan fingerprint density at radius 1 is 1.57 bits per heavy atom. The number of amides is 1. The first kappa shape index (κ1) is 11.5. The molecule has 0 aromatic heterocycles. The molecule has 1 rings (SSSR count). The van der Waals surface area contributed by atoms with E-state index in [2.05, 4.69) is 5.32 Å². The fraction of sp³-hybridized carbons (Fsp3) is 0.143. The Balaban J connectivity index is 3.19. The minimum atomic E-state index is -4.24. The zero-order valence-electron chi connectivity index (χ0n) is 7.19. The minimum Gasteiger partial charge on any atom is -0.325 e. The lowest BCUT2D eigenvalue weighted by Crippen LogP contribution is -2.22. The van der Waals surface area contributed by atoms with E-state index >= 15 is 0 Å². The van der Waals surface area contributed by atoms with Crippen molar-refractivity contribution >= 4 is 40.8 Å². The first-order valence-electron chi connectivity index (χ1n) is 3.52. The summed E-state index contributed by atoms with van der Waals surface area (Å²) in [5, 5.41) is 2.34. The van der Waals surface area contributed by atoms with E-state index in [0.29, 0.717) is 0 Å². The summed E-state index contributed by atoms with van der Waals surface area (Å²) in [5.74, 6) is -0.376. The number of halogens is 1. The van der Waals surface area contributed by atoms with E-state index in [1.807, 2.05) is 0 Å². The van der Waals surface area contributed by atoms with Gasteiger partial charge in [-0.15, -0.1) is 0 Å². The Hall–Kier alpha value is -0.540. The predicted octanol–water partition coefficient (Wildman–Crippen LogP) is 0.522. The predicted molar refractivity (Wildman–Crippen MR) is 61.6 cm³/mol. The lowest BCUT2D eigenvalue weighted by Gasteiger charge is -2.08. The highest BCUT2D eigenvalue weighted by Gasteiger charge is 2.17. The van der Waals surface area contributed by atoms with Gasteiger partial charge in [-0.1, -0.05) is 20.7 Å². The summed E-state index contributed by atoms with van der Waals surface area (Å²) in [6, 6.07) is 0. The zero-order valence-corrected chi connectivity index (χ0v) is 10.2. The molecule has 0 bridgehead atoms. The van der Waals surface area contributed by atoms with Gasteiger partial charge in [0.15, 0.2) is 0 Å². The molecule has 0 atom stereocenters. The van der Waals surface area contributed by atoms with Gasteiger partial charge >= 0.3 is 0 Å². The molecular weight excluding hydrogens is 321 g/mol. The van der Waals surface area contributed by atoms with Crippen LogP contribution in [0.5, 0.6) is 0 Å². The molecule has 14 heavy (non-hydrogen) atoms. The molecule has 5 nitrogen and oxygen atoms in total. The van der Waals surface area contributed by atoms with Crippen molar-refractivity contribution in [2.75, 3.05) is 0 Å².